The quantitative estimate of drug-likeness (QED) is 0.569. The lowest BCUT2D eigenvalue weighted by molar-refractivity contribution is -0.114. The largest absolute Gasteiger partial charge is 0.369 e. The maximum Gasteiger partial charge on any atom is 0.221 e. The van der Waals surface area contributed by atoms with Crippen molar-refractivity contribution in [1.82, 2.24) is 9.62 Å². The number of carbonyl (C=O) groups is 1. The van der Waals surface area contributed by atoms with E-state index in [2.05, 4.69) is 0 Å². The number of piperazine rings is 1. The summed E-state index contributed by atoms with van der Waals surface area (Å²) in [6.07, 6.45) is -2.41. The van der Waals surface area contributed by atoms with Gasteiger partial charge in [0, 0.05) is 71.4 Å². The topological polar surface area (TPSA) is 81.8 Å². The number of nitrogens with one attached hydrogen (secondary N) is 2. The van der Waals surface area contributed by atoms with Crippen molar-refractivity contribution in [2.75, 3.05) is 54.9 Å². The Morgan fingerprint density at radius 2 is 2.10 bits per heavy atom. The Bertz CT molecular complexity index is 1670. The molecule has 1 saturated heterocycles. The molecule has 29 heavy (non-hydrogen) atoms. The predicted octanol–water partition coefficient (Wildman–Crippen LogP) is 2.26. The summed E-state index contributed by atoms with van der Waals surface area (Å²) in [6.45, 7) is -29.0. The van der Waals surface area contributed by atoms with Crippen LogP contribution in [0.15, 0.2) is 18.1 Å². The van der Waals surface area contributed by atoms with Gasteiger partial charge in [-0.15, -0.1) is 0 Å². The molecule has 1 aromatic carbocycles. The van der Waals surface area contributed by atoms with E-state index in [0.29, 0.717) is 0 Å². The normalized spacial score (nSPS) is 37.1. The highest BCUT2D eigenvalue weighted by Gasteiger charge is 2.18. The monoisotopic (exact) mass is 452 g/mol. The van der Waals surface area contributed by atoms with E-state index >= 15 is 4.39 Å². The molecule has 2 N–H and O–H groups in total. The number of hydrogen-bond donors (Lipinski definition) is 2. The van der Waals surface area contributed by atoms with Gasteiger partial charge in [-0.25, -0.2) is 17.5 Å². The SMILES string of the molecule is [2H]c1c(F)c([2H])c(N2C([2H])([2H])C([2H])([2H])N(C([2H])([2H])CCCN([2H])S(=O)(=O)C([2H])([2H])C([2H])(C([2H])([2H])[2H])C([2H])([2H])[2H])C([2H])([2H])C2([2H])[2H])c([2H])c1N([2H])C(C)=O. The zero-order chi connectivity index (χ0) is 42.5. The number of anilines is 2. The molecular formula is C20H33FN4O3S. The van der Waals surface area contributed by atoms with Crippen molar-refractivity contribution in [3.05, 3.63) is 23.9 Å². The van der Waals surface area contributed by atoms with E-state index in [1.165, 1.54) is 0 Å². The Morgan fingerprint density at radius 3 is 2.76 bits per heavy atom. The van der Waals surface area contributed by atoms with Crippen LogP contribution in [0, 0.1) is 11.7 Å². The fourth-order valence-corrected chi connectivity index (χ4v) is 2.49. The third-order valence-corrected chi connectivity index (χ3v) is 3.81. The Labute approximate surface area is 207 Å². The van der Waals surface area contributed by atoms with E-state index in [1.807, 2.05) is 0 Å². The van der Waals surface area contributed by atoms with E-state index in [0.717, 1.165) is 6.92 Å². The zero-order valence-electron chi connectivity index (χ0n) is 38.9. The van der Waals surface area contributed by atoms with E-state index in [9.17, 15) is 13.2 Å². The lowest BCUT2D eigenvalue weighted by Crippen LogP contribution is -2.46. The molecule has 0 aromatic heterocycles. The van der Waals surface area contributed by atoms with Gasteiger partial charge in [-0.05, 0) is 43.4 Å². The molecule has 0 unspecified atom stereocenters. The number of rotatable bonds is 10. The summed E-state index contributed by atoms with van der Waals surface area (Å²) in [5.41, 5.74) is -7.40. The van der Waals surface area contributed by atoms with E-state index < -0.39 is 143 Å². The van der Waals surface area contributed by atoms with Gasteiger partial charge in [-0.3, -0.25) is 9.69 Å². The second kappa shape index (κ2) is 10.9. The van der Waals surface area contributed by atoms with Gasteiger partial charge in [0.2, 0.25) is 15.9 Å². The van der Waals surface area contributed by atoms with E-state index in [-0.39, 0.29) is 5.31 Å². The summed E-state index contributed by atoms with van der Waals surface area (Å²) >= 11 is 0. The summed E-state index contributed by atoms with van der Waals surface area (Å²) in [6, 6.07) is -4.56. The highest BCUT2D eigenvalue weighted by molar-refractivity contribution is 7.89. The van der Waals surface area contributed by atoms with E-state index in [1.54, 1.807) is 0 Å². The standard InChI is InChI=1S/C20H33FN4O3S/c1-16(2)15-29(27,28)22-6-4-5-7-24-8-10-25(11-9-24)20-13-18(21)12-19(14-20)23-17(3)26/h12-14,16,22H,4-11,15H2,1-3H3,(H,23,26)/i1D3,2D3,7D2,8D2,9D2,10D2,11D2,12D,13D,14D,15D2,16D/hD2. The first-order valence-electron chi connectivity index (χ1n) is 19.7. The number of amides is 1. The van der Waals surface area contributed by atoms with Crippen LogP contribution in [0.3, 0.4) is 0 Å². The van der Waals surface area contributed by atoms with Gasteiger partial charge >= 0.3 is 0 Å². The minimum atomic E-state index is -6.06. The number of hydrogen-bond acceptors (Lipinski definition) is 5. The summed E-state index contributed by atoms with van der Waals surface area (Å²) in [5, 5.41) is -0.239. The molecule has 1 aromatic rings. The highest BCUT2D eigenvalue weighted by atomic mass is 32.2. The van der Waals surface area contributed by atoms with Crippen LogP contribution in [-0.4, -0.2) is 64.0 Å². The van der Waals surface area contributed by atoms with Gasteiger partial charge in [0.15, 0.2) is 1.41 Å². The molecule has 1 aliphatic heterocycles. The molecule has 0 bridgehead atoms. The molecule has 0 atom stereocenters. The fraction of sp³-hybridized carbons (Fsp3) is 0.650. The molecule has 0 radical (unpaired) electrons. The first-order chi connectivity index (χ1) is 23.1. The Balaban J connectivity index is 2.67. The van der Waals surface area contributed by atoms with Crippen LogP contribution in [0.25, 0.3) is 0 Å². The van der Waals surface area contributed by atoms with Gasteiger partial charge in [-0.2, -0.15) is 0 Å². The summed E-state index contributed by atoms with van der Waals surface area (Å²) in [7, 11) is -6.06. The van der Waals surface area contributed by atoms with Gasteiger partial charge in [0.05, 0.1) is 15.3 Å². The average Bonchev–Trinajstić information content (AvgIpc) is 2.94. The molecular weight excluding hydrogens is 395 g/mol. The van der Waals surface area contributed by atoms with Crippen molar-refractivity contribution in [3.63, 3.8) is 0 Å². The van der Waals surface area contributed by atoms with Gasteiger partial charge in [0.1, 0.15) is 7.23 Å². The van der Waals surface area contributed by atoms with Crippen LogP contribution in [0.1, 0.15) is 63.6 Å². The van der Waals surface area contributed by atoms with Crippen LogP contribution in [0.2, 0.25) is 2.82 Å². The maximum atomic E-state index is 15.1. The number of nitrogens with zero attached hydrogens (tertiary/aromatic N) is 2. The van der Waals surface area contributed by atoms with Gasteiger partial charge < -0.3 is 10.2 Å². The lowest BCUT2D eigenvalue weighted by Gasteiger charge is -2.36. The zero-order valence-corrected chi connectivity index (χ0v) is 15.7. The molecule has 0 aliphatic carbocycles. The molecule has 0 saturated carbocycles. The molecule has 1 fully saturated rings. The molecule has 164 valence electrons. The second-order valence-corrected chi connectivity index (χ2v) is 6.61. The average molecular weight is 453 g/mol. The lowest BCUT2D eigenvalue weighted by atomic mass is 10.2. The van der Waals surface area contributed by atoms with Crippen LogP contribution in [-0.2, 0) is 14.8 Å². The third-order valence-electron chi connectivity index (χ3n) is 2.83. The van der Waals surface area contributed by atoms with Crippen molar-refractivity contribution >= 4 is 27.3 Å². The third kappa shape index (κ3) is 8.67. The fourth-order valence-electron chi connectivity index (χ4n) is 1.80. The first kappa shape index (κ1) is 6.90. The smallest absolute Gasteiger partial charge is 0.221 e. The number of sulfonamides is 1. The highest BCUT2D eigenvalue weighted by Crippen LogP contribution is 2.23. The van der Waals surface area contributed by atoms with Crippen LogP contribution < -0.4 is 14.9 Å². The maximum absolute atomic E-state index is 15.1. The molecule has 0 spiro atoms. The summed E-state index contributed by atoms with van der Waals surface area (Å²) in [4.78, 5) is 10.7. The molecule has 1 heterocycles. The molecule has 7 nitrogen and oxygen atoms in total. The summed E-state index contributed by atoms with van der Waals surface area (Å²) < 4.78 is 234. The molecule has 1 aliphatic rings. The minimum Gasteiger partial charge on any atom is -0.369 e. The Hall–Kier alpha value is -1.71. The van der Waals surface area contributed by atoms with Crippen molar-refractivity contribution in [2.24, 2.45) is 5.89 Å². The Morgan fingerprint density at radius 1 is 1.38 bits per heavy atom. The molecule has 9 heteroatoms. The van der Waals surface area contributed by atoms with Crippen LogP contribution in [0.5, 0.6) is 0 Å². The minimum absolute atomic E-state index is 0.239. The molecule has 1 amide bonds. The van der Waals surface area contributed by atoms with Crippen molar-refractivity contribution in [1.29, 1.82) is 0 Å². The number of carbonyl (C=O) groups excluding carboxylic acids is 1. The van der Waals surface area contributed by atoms with Crippen molar-refractivity contribution < 1.29 is 50.6 Å². The van der Waals surface area contributed by atoms with E-state index in [4.69, 9.17) is 33.0 Å². The predicted molar refractivity (Wildman–Crippen MR) is 115 cm³/mol. The second-order valence-electron chi connectivity index (χ2n) is 5.20. The first-order valence-corrected chi connectivity index (χ1v) is 9.26. The van der Waals surface area contributed by atoms with Gasteiger partial charge in [-0.1, -0.05) is 13.7 Å². The van der Waals surface area contributed by atoms with Crippen molar-refractivity contribution in [3.8, 4) is 0 Å². The number of halogens is 1. The van der Waals surface area contributed by atoms with Gasteiger partial charge in [0.25, 0.3) is 0 Å². The van der Waals surface area contributed by atoms with Crippen LogP contribution >= 0.6 is 0 Å². The van der Waals surface area contributed by atoms with Crippen molar-refractivity contribution in [2.45, 2.75) is 33.5 Å². The number of benzene rings is 1. The summed E-state index contributed by atoms with van der Waals surface area (Å²) in [5.74, 6) is -7.60. The Kier molecular flexibility index (Phi) is 2.59. The van der Waals surface area contributed by atoms with Crippen LogP contribution in [0.4, 0.5) is 15.8 Å². The molecule has 2 rings (SSSR count).